The van der Waals surface area contributed by atoms with E-state index < -0.39 is 34.6 Å². The fourth-order valence-corrected chi connectivity index (χ4v) is 5.79. The number of ether oxygens (including phenoxy) is 3. The SMILES string of the molecule is CC1(C)OC[C@H]([C@H]2O/C(=C/C=O)[C@H](O[Si](C)(C)C(C)(C)C)[C@H]2O[Si](C)(C)C(C)(C)C)O1. The molecule has 0 aliphatic carbocycles. The third kappa shape index (κ3) is 5.89. The van der Waals surface area contributed by atoms with E-state index in [0.29, 0.717) is 12.4 Å². The summed E-state index contributed by atoms with van der Waals surface area (Å²) in [7, 11) is -4.35. The fourth-order valence-electron chi connectivity index (χ4n) is 3.26. The van der Waals surface area contributed by atoms with E-state index in [2.05, 4.69) is 67.7 Å². The summed E-state index contributed by atoms with van der Waals surface area (Å²) in [5, 5.41) is 0.0242. The minimum absolute atomic E-state index is 0.00780. The minimum atomic E-state index is -2.17. The van der Waals surface area contributed by atoms with Gasteiger partial charge in [-0.05, 0) is 50.1 Å². The van der Waals surface area contributed by atoms with Crippen LogP contribution in [0.4, 0.5) is 0 Å². The maximum absolute atomic E-state index is 11.5. The van der Waals surface area contributed by atoms with Crippen LogP contribution < -0.4 is 0 Å². The first-order valence-corrected chi connectivity index (χ1v) is 17.1. The molecule has 0 amide bonds. The second-order valence-corrected chi connectivity index (χ2v) is 21.8. The summed E-state index contributed by atoms with van der Waals surface area (Å²) in [6.45, 7) is 26.3. The van der Waals surface area contributed by atoms with Crippen molar-refractivity contribution in [2.24, 2.45) is 0 Å². The van der Waals surface area contributed by atoms with Crippen LogP contribution in [0.25, 0.3) is 0 Å². The molecule has 2 aliphatic rings. The molecule has 0 N–H and O–H groups in total. The zero-order chi connectivity index (χ0) is 24.0. The second-order valence-electron chi connectivity index (χ2n) is 12.3. The molecule has 2 aliphatic heterocycles. The number of hydrogen-bond donors (Lipinski definition) is 0. The van der Waals surface area contributed by atoms with Crippen LogP contribution in [0, 0.1) is 0 Å². The Labute approximate surface area is 191 Å². The van der Waals surface area contributed by atoms with E-state index in [9.17, 15) is 4.79 Å². The topological polar surface area (TPSA) is 63.2 Å². The predicted molar refractivity (Wildman–Crippen MR) is 128 cm³/mol. The Kier molecular flexibility index (Phi) is 7.49. The molecule has 2 rings (SSSR count). The molecule has 2 fully saturated rings. The van der Waals surface area contributed by atoms with Crippen LogP contribution in [0.1, 0.15) is 55.4 Å². The van der Waals surface area contributed by atoms with Gasteiger partial charge in [-0.15, -0.1) is 0 Å². The van der Waals surface area contributed by atoms with Crippen molar-refractivity contribution in [2.75, 3.05) is 6.61 Å². The van der Waals surface area contributed by atoms with E-state index in [1.165, 1.54) is 6.08 Å². The van der Waals surface area contributed by atoms with Crippen LogP contribution >= 0.6 is 0 Å². The Morgan fingerprint density at radius 1 is 0.968 bits per heavy atom. The summed E-state index contributed by atoms with van der Waals surface area (Å²) >= 11 is 0. The number of carbonyl (C=O) groups excluding carboxylic acids is 1. The zero-order valence-corrected chi connectivity index (χ0v) is 23.6. The van der Waals surface area contributed by atoms with E-state index in [4.69, 9.17) is 23.1 Å². The Morgan fingerprint density at radius 3 is 1.90 bits per heavy atom. The summed E-state index contributed by atoms with van der Waals surface area (Å²) in [6.07, 6.45) is 0.714. The van der Waals surface area contributed by atoms with Crippen LogP contribution in [0.5, 0.6) is 0 Å². The van der Waals surface area contributed by atoms with Crippen molar-refractivity contribution in [3.05, 3.63) is 11.8 Å². The van der Waals surface area contributed by atoms with Gasteiger partial charge in [-0.1, -0.05) is 41.5 Å². The zero-order valence-electron chi connectivity index (χ0n) is 21.6. The van der Waals surface area contributed by atoms with Crippen molar-refractivity contribution in [3.8, 4) is 0 Å². The van der Waals surface area contributed by atoms with Gasteiger partial charge in [0.25, 0.3) is 0 Å². The number of rotatable bonds is 6. The van der Waals surface area contributed by atoms with Gasteiger partial charge in [0.05, 0.1) is 6.61 Å². The second kappa shape index (κ2) is 8.68. The van der Waals surface area contributed by atoms with Gasteiger partial charge in [0.15, 0.2) is 28.5 Å². The molecule has 0 spiro atoms. The summed E-state index contributed by atoms with van der Waals surface area (Å²) in [5.41, 5.74) is 0. The average molecular weight is 473 g/mol. The third-order valence-electron chi connectivity index (χ3n) is 7.27. The Hall–Kier alpha value is -0.516. The molecule has 31 heavy (non-hydrogen) atoms. The average Bonchev–Trinajstić information content (AvgIpc) is 3.06. The first kappa shape index (κ1) is 26.7. The van der Waals surface area contributed by atoms with Gasteiger partial charge in [0.1, 0.15) is 30.4 Å². The van der Waals surface area contributed by atoms with Crippen molar-refractivity contribution in [1.29, 1.82) is 0 Å². The van der Waals surface area contributed by atoms with E-state index >= 15 is 0 Å². The van der Waals surface area contributed by atoms with Crippen molar-refractivity contribution < 1.29 is 27.9 Å². The third-order valence-corrected chi connectivity index (χ3v) is 16.2. The van der Waals surface area contributed by atoms with Gasteiger partial charge in [0.2, 0.25) is 0 Å². The van der Waals surface area contributed by atoms with Gasteiger partial charge >= 0.3 is 0 Å². The first-order valence-electron chi connectivity index (χ1n) is 11.3. The summed E-state index contributed by atoms with van der Waals surface area (Å²) < 4.78 is 32.1. The standard InChI is InChI=1S/C23H44O6Si2/c1-21(2,3)30(9,10)28-19-16(13-14-24)26-18(17-15-25-23(7,8)27-17)20(19)29-31(11,12)22(4,5)6/h13-14,17-20H,15H2,1-12H3/b16-13+/t17-,18-,19+,20+/m1/s1. The summed E-state index contributed by atoms with van der Waals surface area (Å²) in [5.74, 6) is -0.149. The smallest absolute Gasteiger partial charge is 0.193 e. The van der Waals surface area contributed by atoms with Crippen molar-refractivity contribution in [2.45, 2.75) is 122 Å². The molecular formula is C23H44O6Si2. The van der Waals surface area contributed by atoms with Crippen LogP contribution in [0.3, 0.4) is 0 Å². The lowest BCUT2D eigenvalue weighted by atomic mass is 10.1. The Morgan fingerprint density at radius 2 is 1.48 bits per heavy atom. The molecule has 6 nitrogen and oxygen atoms in total. The van der Waals surface area contributed by atoms with E-state index in [1.807, 2.05) is 13.8 Å². The Bertz CT molecular complexity index is 687. The fraction of sp³-hybridized carbons (Fsp3) is 0.870. The highest BCUT2D eigenvalue weighted by Crippen LogP contribution is 2.45. The van der Waals surface area contributed by atoms with Crippen molar-refractivity contribution in [3.63, 3.8) is 0 Å². The lowest BCUT2D eigenvalue weighted by Gasteiger charge is -2.43. The molecule has 0 aromatic carbocycles. The molecule has 4 atom stereocenters. The molecule has 0 saturated carbocycles. The molecule has 8 heteroatoms. The summed E-state index contributed by atoms with van der Waals surface area (Å²) in [4.78, 5) is 11.5. The molecule has 2 saturated heterocycles. The van der Waals surface area contributed by atoms with Gasteiger partial charge in [0, 0.05) is 6.08 Å². The van der Waals surface area contributed by atoms with Gasteiger partial charge in [-0.3, -0.25) is 4.79 Å². The van der Waals surface area contributed by atoms with Crippen LogP contribution in [0.15, 0.2) is 11.8 Å². The van der Waals surface area contributed by atoms with E-state index in [1.54, 1.807) is 0 Å². The predicted octanol–water partition coefficient (Wildman–Crippen LogP) is 5.40. The molecule has 0 radical (unpaired) electrons. The maximum atomic E-state index is 11.5. The highest BCUT2D eigenvalue weighted by atomic mass is 28.4. The molecule has 0 aromatic rings. The molecule has 2 heterocycles. The molecule has 180 valence electrons. The first-order chi connectivity index (χ1) is 13.8. The number of allylic oxidation sites excluding steroid dienone is 1. The maximum Gasteiger partial charge on any atom is 0.193 e. The van der Waals surface area contributed by atoms with Crippen LogP contribution in [0.2, 0.25) is 36.3 Å². The van der Waals surface area contributed by atoms with Crippen molar-refractivity contribution in [1.82, 2.24) is 0 Å². The molecule has 0 bridgehead atoms. The molecule has 0 aromatic heterocycles. The molecule has 0 unspecified atom stereocenters. The quantitative estimate of drug-likeness (QED) is 0.293. The monoisotopic (exact) mass is 472 g/mol. The highest BCUT2D eigenvalue weighted by molar-refractivity contribution is 6.74. The van der Waals surface area contributed by atoms with Crippen LogP contribution in [-0.2, 0) is 27.9 Å². The van der Waals surface area contributed by atoms with Gasteiger partial charge in [-0.2, -0.15) is 0 Å². The number of hydrogen-bond acceptors (Lipinski definition) is 6. The minimum Gasteiger partial charge on any atom is -0.486 e. The van der Waals surface area contributed by atoms with Crippen molar-refractivity contribution >= 4 is 22.9 Å². The van der Waals surface area contributed by atoms with Gasteiger partial charge < -0.3 is 23.1 Å². The van der Waals surface area contributed by atoms with E-state index in [0.717, 1.165) is 6.29 Å². The normalized spacial score (nSPS) is 31.2. The lowest BCUT2D eigenvalue weighted by molar-refractivity contribution is -0.156. The Balaban J connectivity index is 2.48. The summed E-state index contributed by atoms with van der Waals surface area (Å²) in [6, 6.07) is 0. The number of aldehydes is 1. The highest BCUT2D eigenvalue weighted by Gasteiger charge is 2.56. The lowest BCUT2D eigenvalue weighted by Crippen LogP contribution is -2.54. The molecular weight excluding hydrogens is 428 g/mol. The van der Waals surface area contributed by atoms with Gasteiger partial charge in [-0.25, -0.2) is 0 Å². The van der Waals surface area contributed by atoms with E-state index in [-0.39, 0.29) is 22.3 Å². The largest absolute Gasteiger partial charge is 0.486 e. The number of carbonyl (C=O) groups is 1. The van der Waals surface area contributed by atoms with Crippen LogP contribution in [-0.4, -0.2) is 59.7 Å².